The van der Waals surface area contributed by atoms with Crippen LogP contribution in [0, 0.1) is 0 Å². The fourth-order valence-corrected chi connectivity index (χ4v) is 1.31. The third-order valence-corrected chi connectivity index (χ3v) is 2.36. The van der Waals surface area contributed by atoms with E-state index >= 15 is 0 Å². The van der Waals surface area contributed by atoms with E-state index in [9.17, 15) is 0 Å². The molecule has 0 bridgehead atoms. The van der Waals surface area contributed by atoms with E-state index in [0.717, 1.165) is 12.0 Å². The first kappa shape index (κ1) is 10.8. The molecule has 1 N–H and O–H groups in total. The second-order valence-electron chi connectivity index (χ2n) is 3.65. The van der Waals surface area contributed by atoms with Crippen molar-refractivity contribution in [3.8, 4) is 11.4 Å². The number of nitrogens with zero attached hydrogens (tertiary/aromatic N) is 3. The molecule has 84 valence electrons. The van der Waals surface area contributed by atoms with E-state index in [1.54, 1.807) is 12.4 Å². The fraction of sp³-hybridized carbons (Fsp3) is 0.364. The van der Waals surface area contributed by atoms with Crippen LogP contribution in [0.3, 0.4) is 0 Å². The second-order valence-corrected chi connectivity index (χ2v) is 3.65. The van der Waals surface area contributed by atoms with Crippen LogP contribution in [0.2, 0.25) is 0 Å². The van der Waals surface area contributed by atoms with Gasteiger partial charge in [0.1, 0.15) is 0 Å². The van der Waals surface area contributed by atoms with Gasteiger partial charge in [-0.2, -0.15) is 4.98 Å². The summed E-state index contributed by atoms with van der Waals surface area (Å²) in [7, 11) is 1.91. The smallest absolute Gasteiger partial charge is 0.228 e. The Morgan fingerprint density at radius 1 is 1.50 bits per heavy atom. The SMILES string of the molecule is CNC(C)Cc1nc(-c2cccnc2)no1. The molecule has 0 amide bonds. The van der Waals surface area contributed by atoms with E-state index in [-0.39, 0.29) is 0 Å². The molecular weight excluding hydrogens is 204 g/mol. The summed E-state index contributed by atoms with van der Waals surface area (Å²) in [5.41, 5.74) is 0.870. The molecule has 2 aromatic rings. The predicted molar refractivity (Wildman–Crippen MR) is 59.8 cm³/mol. The highest BCUT2D eigenvalue weighted by atomic mass is 16.5. The molecule has 0 fully saturated rings. The van der Waals surface area contributed by atoms with Gasteiger partial charge < -0.3 is 9.84 Å². The van der Waals surface area contributed by atoms with Crippen molar-refractivity contribution in [2.75, 3.05) is 7.05 Å². The molecule has 1 unspecified atom stereocenters. The quantitative estimate of drug-likeness (QED) is 0.837. The van der Waals surface area contributed by atoms with Crippen LogP contribution < -0.4 is 5.32 Å². The monoisotopic (exact) mass is 218 g/mol. The summed E-state index contributed by atoms with van der Waals surface area (Å²) < 4.78 is 5.16. The van der Waals surface area contributed by atoms with E-state index in [4.69, 9.17) is 4.52 Å². The molecule has 2 aromatic heterocycles. The zero-order valence-corrected chi connectivity index (χ0v) is 9.34. The van der Waals surface area contributed by atoms with Crippen molar-refractivity contribution in [3.05, 3.63) is 30.4 Å². The first-order chi connectivity index (χ1) is 7.79. The van der Waals surface area contributed by atoms with Gasteiger partial charge in [0.2, 0.25) is 11.7 Å². The average molecular weight is 218 g/mol. The van der Waals surface area contributed by atoms with E-state index in [0.29, 0.717) is 17.8 Å². The number of hydrogen-bond acceptors (Lipinski definition) is 5. The summed E-state index contributed by atoms with van der Waals surface area (Å²) in [5.74, 6) is 1.23. The lowest BCUT2D eigenvalue weighted by atomic mass is 10.2. The predicted octanol–water partition coefficient (Wildman–Crippen LogP) is 1.28. The van der Waals surface area contributed by atoms with Crippen molar-refractivity contribution < 1.29 is 4.52 Å². The van der Waals surface area contributed by atoms with Gasteiger partial charge in [-0.25, -0.2) is 0 Å². The molecule has 5 heteroatoms. The Bertz CT molecular complexity index is 440. The molecular formula is C11H14N4O. The zero-order valence-electron chi connectivity index (χ0n) is 9.34. The van der Waals surface area contributed by atoms with Crippen LogP contribution in [-0.2, 0) is 6.42 Å². The van der Waals surface area contributed by atoms with Crippen LogP contribution in [0.5, 0.6) is 0 Å². The third-order valence-electron chi connectivity index (χ3n) is 2.36. The molecule has 0 aliphatic carbocycles. The number of rotatable bonds is 4. The molecule has 0 spiro atoms. The van der Waals surface area contributed by atoms with Gasteiger partial charge in [0, 0.05) is 30.4 Å². The van der Waals surface area contributed by atoms with Gasteiger partial charge >= 0.3 is 0 Å². The standard InChI is InChI=1S/C11H14N4O/c1-8(12-2)6-10-14-11(15-16-10)9-4-3-5-13-7-9/h3-5,7-8,12H,6H2,1-2H3. The molecule has 0 aromatic carbocycles. The number of nitrogens with one attached hydrogen (secondary N) is 1. The highest BCUT2D eigenvalue weighted by Gasteiger charge is 2.10. The summed E-state index contributed by atoms with van der Waals surface area (Å²) in [6, 6.07) is 4.08. The Kier molecular flexibility index (Phi) is 3.26. The fourth-order valence-electron chi connectivity index (χ4n) is 1.31. The van der Waals surface area contributed by atoms with Crippen LogP contribution in [0.4, 0.5) is 0 Å². The molecule has 16 heavy (non-hydrogen) atoms. The lowest BCUT2D eigenvalue weighted by Gasteiger charge is -2.04. The van der Waals surface area contributed by atoms with Crippen molar-refractivity contribution in [2.24, 2.45) is 0 Å². The third kappa shape index (κ3) is 2.43. The minimum absolute atomic E-state index is 0.321. The molecule has 0 radical (unpaired) electrons. The Labute approximate surface area is 93.9 Å². The average Bonchev–Trinajstić information content (AvgIpc) is 2.78. The van der Waals surface area contributed by atoms with Crippen molar-refractivity contribution in [1.82, 2.24) is 20.4 Å². The first-order valence-corrected chi connectivity index (χ1v) is 5.20. The van der Waals surface area contributed by atoms with E-state index in [1.165, 1.54) is 0 Å². The lowest BCUT2D eigenvalue weighted by molar-refractivity contribution is 0.365. The Morgan fingerprint density at radius 2 is 2.38 bits per heavy atom. The molecule has 0 saturated heterocycles. The van der Waals surface area contributed by atoms with E-state index in [2.05, 4.69) is 27.4 Å². The minimum atomic E-state index is 0.321. The highest BCUT2D eigenvalue weighted by Crippen LogP contribution is 2.14. The topological polar surface area (TPSA) is 63.8 Å². The number of likely N-dealkylation sites (N-methyl/N-ethyl adjacent to an activating group) is 1. The summed E-state index contributed by atoms with van der Waals surface area (Å²) in [5, 5.41) is 7.04. The van der Waals surface area contributed by atoms with Crippen molar-refractivity contribution in [3.63, 3.8) is 0 Å². The summed E-state index contributed by atoms with van der Waals surface area (Å²) in [4.78, 5) is 8.32. The van der Waals surface area contributed by atoms with Gasteiger partial charge in [-0.05, 0) is 26.1 Å². The van der Waals surface area contributed by atoms with Gasteiger partial charge in [-0.3, -0.25) is 4.98 Å². The second kappa shape index (κ2) is 4.85. The first-order valence-electron chi connectivity index (χ1n) is 5.20. The van der Waals surface area contributed by atoms with Gasteiger partial charge in [0.25, 0.3) is 0 Å². The zero-order chi connectivity index (χ0) is 11.4. The van der Waals surface area contributed by atoms with Gasteiger partial charge in [-0.15, -0.1) is 0 Å². The molecule has 2 heterocycles. The van der Waals surface area contributed by atoms with Crippen LogP contribution in [0.25, 0.3) is 11.4 Å². The van der Waals surface area contributed by atoms with Gasteiger partial charge in [0.05, 0.1) is 0 Å². The Morgan fingerprint density at radius 3 is 3.06 bits per heavy atom. The van der Waals surface area contributed by atoms with Gasteiger partial charge in [0.15, 0.2) is 0 Å². The van der Waals surface area contributed by atoms with Crippen LogP contribution in [-0.4, -0.2) is 28.2 Å². The molecule has 5 nitrogen and oxygen atoms in total. The van der Waals surface area contributed by atoms with E-state index in [1.807, 2.05) is 19.2 Å². The normalized spacial score (nSPS) is 12.6. The molecule has 0 aliphatic heterocycles. The number of hydrogen-bond donors (Lipinski definition) is 1. The van der Waals surface area contributed by atoms with Crippen LogP contribution in [0.1, 0.15) is 12.8 Å². The number of pyridine rings is 1. The number of aromatic nitrogens is 3. The van der Waals surface area contributed by atoms with E-state index < -0.39 is 0 Å². The van der Waals surface area contributed by atoms with Crippen molar-refractivity contribution in [2.45, 2.75) is 19.4 Å². The Hall–Kier alpha value is -1.75. The van der Waals surface area contributed by atoms with Crippen molar-refractivity contribution in [1.29, 1.82) is 0 Å². The van der Waals surface area contributed by atoms with Crippen LogP contribution >= 0.6 is 0 Å². The highest BCUT2D eigenvalue weighted by molar-refractivity contribution is 5.51. The Balaban J connectivity index is 2.14. The molecule has 0 saturated carbocycles. The molecule has 2 rings (SSSR count). The lowest BCUT2D eigenvalue weighted by Crippen LogP contribution is -2.23. The summed E-state index contributed by atoms with van der Waals surface area (Å²) in [6.07, 6.45) is 4.16. The van der Waals surface area contributed by atoms with Crippen molar-refractivity contribution >= 4 is 0 Å². The summed E-state index contributed by atoms with van der Waals surface area (Å²) in [6.45, 7) is 2.06. The maximum Gasteiger partial charge on any atom is 0.228 e. The maximum atomic E-state index is 5.16. The van der Waals surface area contributed by atoms with Crippen LogP contribution in [0.15, 0.2) is 29.0 Å². The largest absolute Gasteiger partial charge is 0.339 e. The molecule has 1 atom stereocenters. The maximum absolute atomic E-state index is 5.16. The summed E-state index contributed by atoms with van der Waals surface area (Å²) >= 11 is 0. The minimum Gasteiger partial charge on any atom is -0.339 e. The molecule has 0 aliphatic rings. The van der Waals surface area contributed by atoms with Gasteiger partial charge in [-0.1, -0.05) is 5.16 Å².